The molecular formula is C20H18N4O. The number of aromatic amines is 1. The second-order valence-corrected chi connectivity index (χ2v) is 5.77. The van der Waals surface area contributed by atoms with Crippen LogP contribution < -0.4 is 5.32 Å². The van der Waals surface area contributed by atoms with Gasteiger partial charge < -0.3 is 15.4 Å². The van der Waals surface area contributed by atoms with Crippen molar-refractivity contribution >= 4 is 11.5 Å². The zero-order valence-corrected chi connectivity index (χ0v) is 13.6. The number of anilines is 2. The Morgan fingerprint density at radius 2 is 1.76 bits per heavy atom. The normalized spacial score (nSPS) is 10.9. The van der Waals surface area contributed by atoms with Crippen LogP contribution in [0, 0.1) is 0 Å². The molecule has 0 aromatic heterocycles. The fourth-order valence-corrected chi connectivity index (χ4v) is 3.00. The molecule has 2 aromatic carbocycles. The van der Waals surface area contributed by atoms with E-state index in [0.29, 0.717) is 6.42 Å². The van der Waals surface area contributed by atoms with Crippen LogP contribution >= 0.6 is 0 Å². The lowest BCUT2D eigenvalue weighted by atomic mass is 10.0. The number of aliphatic hydroxyl groups excluding tert-OH is 1. The summed E-state index contributed by atoms with van der Waals surface area (Å²) in [5.41, 5.74) is 5.07. The number of nitrogens with one attached hydrogen (secondary N) is 2. The third-order valence-corrected chi connectivity index (χ3v) is 4.20. The summed E-state index contributed by atoms with van der Waals surface area (Å²) in [6, 6.07) is 18.1. The van der Waals surface area contributed by atoms with Gasteiger partial charge in [0.15, 0.2) is 0 Å². The van der Waals surface area contributed by atoms with Crippen LogP contribution in [-0.4, -0.2) is 26.7 Å². The van der Waals surface area contributed by atoms with Crippen molar-refractivity contribution in [1.29, 1.82) is 0 Å². The van der Waals surface area contributed by atoms with Gasteiger partial charge in [0.1, 0.15) is 11.6 Å². The molecule has 25 heavy (non-hydrogen) atoms. The molecule has 4 rings (SSSR count). The maximum atomic E-state index is 9.28. The Labute approximate surface area is 145 Å². The highest BCUT2D eigenvalue weighted by atomic mass is 16.2. The summed E-state index contributed by atoms with van der Waals surface area (Å²) in [7, 11) is 0. The SMILES string of the molecule is OCCc1ccccc1Nc1nc[nH]c2ncc(-c3ccccc3)c1-2. The van der Waals surface area contributed by atoms with Crippen molar-refractivity contribution in [3.63, 3.8) is 0 Å². The molecule has 0 amide bonds. The number of H-pyrrole nitrogens is 1. The van der Waals surface area contributed by atoms with Crippen molar-refractivity contribution < 1.29 is 5.11 Å². The molecule has 0 radical (unpaired) electrons. The van der Waals surface area contributed by atoms with E-state index in [-0.39, 0.29) is 6.61 Å². The molecule has 0 aliphatic carbocycles. The average molecular weight is 330 g/mol. The Morgan fingerprint density at radius 1 is 0.960 bits per heavy atom. The number of para-hydroxylation sites is 1. The fraction of sp³-hybridized carbons (Fsp3) is 0.100. The van der Waals surface area contributed by atoms with E-state index >= 15 is 0 Å². The van der Waals surface area contributed by atoms with Crippen LogP contribution in [0.3, 0.4) is 0 Å². The Hall–Kier alpha value is -3.18. The van der Waals surface area contributed by atoms with E-state index in [1.807, 2.05) is 48.7 Å². The second kappa shape index (κ2) is 6.75. The van der Waals surface area contributed by atoms with E-state index in [1.165, 1.54) is 0 Å². The highest BCUT2D eigenvalue weighted by Gasteiger charge is 2.19. The number of nitrogens with zero attached hydrogens (tertiary/aromatic N) is 2. The predicted molar refractivity (Wildman–Crippen MR) is 99.0 cm³/mol. The fourth-order valence-electron chi connectivity index (χ4n) is 3.00. The van der Waals surface area contributed by atoms with Gasteiger partial charge in [-0.1, -0.05) is 48.5 Å². The Morgan fingerprint density at radius 3 is 2.60 bits per heavy atom. The summed E-state index contributed by atoms with van der Waals surface area (Å²) >= 11 is 0. The highest BCUT2D eigenvalue weighted by Crippen LogP contribution is 2.37. The number of aromatic nitrogens is 3. The molecule has 124 valence electrons. The lowest BCUT2D eigenvalue weighted by molar-refractivity contribution is 0.300. The summed E-state index contributed by atoms with van der Waals surface area (Å²) < 4.78 is 0. The maximum absolute atomic E-state index is 9.28. The first-order valence-corrected chi connectivity index (χ1v) is 8.20. The zero-order chi connectivity index (χ0) is 17.1. The molecule has 2 aromatic rings. The van der Waals surface area contributed by atoms with Crippen LogP contribution in [-0.2, 0) is 6.42 Å². The molecule has 2 aliphatic rings. The largest absolute Gasteiger partial charge is 0.396 e. The van der Waals surface area contributed by atoms with Crippen molar-refractivity contribution in [3.8, 4) is 22.5 Å². The predicted octanol–water partition coefficient (Wildman–Crippen LogP) is 3.85. The molecule has 0 saturated heterocycles. The molecule has 2 heterocycles. The molecule has 0 atom stereocenters. The van der Waals surface area contributed by atoms with E-state index in [9.17, 15) is 5.11 Å². The summed E-state index contributed by atoms with van der Waals surface area (Å²) in [5.74, 6) is 1.53. The quantitative estimate of drug-likeness (QED) is 0.519. The van der Waals surface area contributed by atoms with E-state index in [1.54, 1.807) is 6.33 Å². The van der Waals surface area contributed by atoms with Gasteiger partial charge in [-0.05, 0) is 23.6 Å². The molecule has 0 bridgehead atoms. The zero-order valence-electron chi connectivity index (χ0n) is 13.6. The van der Waals surface area contributed by atoms with Gasteiger partial charge >= 0.3 is 0 Å². The first-order chi connectivity index (χ1) is 12.4. The van der Waals surface area contributed by atoms with Crippen molar-refractivity contribution in [3.05, 3.63) is 72.7 Å². The Kier molecular flexibility index (Phi) is 4.14. The Balaban J connectivity index is 1.80. The summed E-state index contributed by atoms with van der Waals surface area (Å²) in [4.78, 5) is 12.1. The molecule has 0 unspecified atom stereocenters. The molecule has 5 heteroatoms. The summed E-state index contributed by atoms with van der Waals surface area (Å²) in [5, 5.41) is 12.7. The highest BCUT2D eigenvalue weighted by molar-refractivity contribution is 5.90. The second-order valence-electron chi connectivity index (χ2n) is 5.77. The van der Waals surface area contributed by atoms with E-state index in [2.05, 4.69) is 32.4 Å². The topological polar surface area (TPSA) is 73.8 Å². The standard InChI is InChI=1S/C20H18N4O/c25-11-10-15-8-4-5-9-17(15)24-20-18-16(14-6-2-1-3-7-14)12-21-19(18)22-13-23-20/h1-9,12-13,25H,10-11H2,(H2,21,22,23,24). The minimum atomic E-state index is 0.108. The van der Waals surface area contributed by atoms with E-state index in [4.69, 9.17) is 0 Å². The third kappa shape index (κ3) is 2.97. The molecule has 5 nitrogen and oxygen atoms in total. The smallest absolute Gasteiger partial charge is 0.143 e. The van der Waals surface area contributed by atoms with Crippen LogP contribution in [0.15, 0.2) is 67.1 Å². The van der Waals surface area contributed by atoms with Gasteiger partial charge in [0.05, 0.1) is 11.9 Å². The van der Waals surface area contributed by atoms with Gasteiger partial charge in [-0.15, -0.1) is 0 Å². The minimum absolute atomic E-state index is 0.108. The number of aliphatic hydroxyl groups is 1. The maximum Gasteiger partial charge on any atom is 0.143 e. The number of rotatable bonds is 5. The van der Waals surface area contributed by atoms with Gasteiger partial charge in [-0.3, -0.25) is 0 Å². The van der Waals surface area contributed by atoms with Crippen LogP contribution in [0.5, 0.6) is 0 Å². The van der Waals surface area contributed by atoms with Gasteiger partial charge in [0.25, 0.3) is 0 Å². The average Bonchev–Trinajstić information content (AvgIpc) is 3.09. The van der Waals surface area contributed by atoms with Gasteiger partial charge in [0, 0.05) is 24.1 Å². The van der Waals surface area contributed by atoms with E-state index < -0.39 is 0 Å². The van der Waals surface area contributed by atoms with Gasteiger partial charge in [-0.25, -0.2) is 9.97 Å². The number of benzene rings is 2. The van der Waals surface area contributed by atoms with Gasteiger partial charge in [-0.2, -0.15) is 0 Å². The Bertz CT molecular complexity index is 949. The van der Waals surface area contributed by atoms with Crippen molar-refractivity contribution in [2.24, 2.45) is 0 Å². The van der Waals surface area contributed by atoms with Crippen LogP contribution in [0.25, 0.3) is 22.5 Å². The number of fused-ring (bicyclic) bond motifs is 1. The monoisotopic (exact) mass is 330 g/mol. The minimum Gasteiger partial charge on any atom is -0.396 e. The van der Waals surface area contributed by atoms with Crippen molar-refractivity contribution in [2.75, 3.05) is 11.9 Å². The van der Waals surface area contributed by atoms with Crippen LogP contribution in [0.1, 0.15) is 5.56 Å². The summed E-state index contributed by atoms with van der Waals surface area (Å²) in [6.07, 6.45) is 4.10. The van der Waals surface area contributed by atoms with E-state index in [0.717, 1.165) is 39.6 Å². The molecule has 0 saturated carbocycles. The third-order valence-electron chi connectivity index (χ3n) is 4.20. The number of hydrogen-bond acceptors (Lipinski definition) is 4. The molecule has 0 spiro atoms. The molecule has 2 aliphatic heterocycles. The van der Waals surface area contributed by atoms with Crippen LogP contribution in [0.2, 0.25) is 0 Å². The first-order valence-electron chi connectivity index (χ1n) is 8.20. The first kappa shape index (κ1) is 15.4. The molecule has 3 N–H and O–H groups in total. The summed E-state index contributed by atoms with van der Waals surface area (Å²) in [6.45, 7) is 0.108. The van der Waals surface area contributed by atoms with Gasteiger partial charge in [0.2, 0.25) is 0 Å². The lowest BCUT2D eigenvalue weighted by Gasteiger charge is -2.14. The number of hydrogen-bond donors (Lipinski definition) is 3. The van der Waals surface area contributed by atoms with Crippen LogP contribution in [0.4, 0.5) is 11.5 Å². The lowest BCUT2D eigenvalue weighted by Crippen LogP contribution is -2.02. The van der Waals surface area contributed by atoms with Crippen molar-refractivity contribution in [1.82, 2.24) is 15.0 Å². The van der Waals surface area contributed by atoms with Crippen molar-refractivity contribution in [2.45, 2.75) is 6.42 Å². The molecular weight excluding hydrogens is 312 g/mol. The molecule has 0 fully saturated rings.